The van der Waals surface area contributed by atoms with Crippen molar-refractivity contribution in [3.05, 3.63) is 0 Å². The molecule has 0 aliphatic rings. The number of carbonyl (C=O) groups excluding carboxylic acids is 2. The number of hydrogen-bond acceptors (Lipinski definition) is 5. The molecule has 0 radical (unpaired) electrons. The number of rotatable bonds is 3. The van der Waals surface area contributed by atoms with Crippen LogP contribution in [0.5, 0.6) is 0 Å². The Labute approximate surface area is 76.6 Å². The van der Waals surface area contributed by atoms with E-state index in [4.69, 9.17) is 0 Å². The molecule has 0 aromatic carbocycles. The second-order valence-electron chi connectivity index (χ2n) is 3.14. The smallest absolute Gasteiger partial charge is 0.335 e. The molecule has 0 amide bonds. The molecule has 0 saturated carbocycles. The molecule has 0 bridgehead atoms. The fourth-order valence-corrected chi connectivity index (χ4v) is 0.781. The molecule has 76 valence electrons. The zero-order valence-electron chi connectivity index (χ0n) is 8.16. The van der Waals surface area contributed by atoms with Gasteiger partial charge in [0.1, 0.15) is 0 Å². The summed E-state index contributed by atoms with van der Waals surface area (Å²) in [6.07, 6.45) is -1.51. The lowest BCUT2D eigenvalue weighted by molar-refractivity contribution is -0.170. The van der Waals surface area contributed by atoms with E-state index in [0.717, 1.165) is 7.11 Å². The summed E-state index contributed by atoms with van der Waals surface area (Å²) < 4.78 is 8.72. The summed E-state index contributed by atoms with van der Waals surface area (Å²) in [5.41, 5.74) is -1.29. The molecule has 0 saturated heterocycles. The van der Waals surface area contributed by atoms with Gasteiger partial charge in [0.15, 0.2) is 6.10 Å². The number of carbonyl (C=O) groups is 2. The highest BCUT2D eigenvalue weighted by atomic mass is 16.5. The summed E-state index contributed by atoms with van der Waals surface area (Å²) in [5, 5.41) is 9.37. The lowest BCUT2D eigenvalue weighted by atomic mass is 9.86. The van der Waals surface area contributed by atoms with Crippen molar-refractivity contribution < 1.29 is 24.2 Å². The maximum atomic E-state index is 11.1. The molecule has 1 N–H and O–H groups in total. The Bertz CT molecular complexity index is 209. The molecular formula is C8H14O5. The monoisotopic (exact) mass is 190 g/mol. The van der Waals surface area contributed by atoms with Gasteiger partial charge in [0.25, 0.3) is 0 Å². The Balaban J connectivity index is 4.62. The summed E-state index contributed by atoms with van der Waals surface area (Å²) >= 11 is 0. The first-order chi connectivity index (χ1) is 5.87. The molecule has 0 unspecified atom stereocenters. The average Bonchev–Trinajstić information content (AvgIpc) is 2.13. The summed E-state index contributed by atoms with van der Waals surface area (Å²) in [6.45, 7) is 2.81. The highest BCUT2D eigenvalue weighted by molar-refractivity contribution is 5.86. The lowest BCUT2D eigenvalue weighted by Crippen LogP contribution is -2.43. The molecule has 5 nitrogen and oxygen atoms in total. The van der Waals surface area contributed by atoms with Crippen molar-refractivity contribution in [3.63, 3.8) is 0 Å². The third-order valence-electron chi connectivity index (χ3n) is 1.82. The van der Waals surface area contributed by atoms with E-state index in [1.165, 1.54) is 21.0 Å². The summed E-state index contributed by atoms with van der Waals surface area (Å²) in [6, 6.07) is 0. The van der Waals surface area contributed by atoms with E-state index in [1.54, 1.807) is 0 Å². The average molecular weight is 190 g/mol. The van der Waals surface area contributed by atoms with Crippen LogP contribution in [0.3, 0.4) is 0 Å². The third kappa shape index (κ3) is 2.42. The van der Waals surface area contributed by atoms with Gasteiger partial charge in [0.2, 0.25) is 0 Å². The van der Waals surface area contributed by atoms with E-state index < -0.39 is 23.5 Å². The van der Waals surface area contributed by atoms with Crippen molar-refractivity contribution in [2.45, 2.75) is 20.0 Å². The maximum Gasteiger partial charge on any atom is 0.335 e. The van der Waals surface area contributed by atoms with Crippen LogP contribution >= 0.6 is 0 Å². The Kier molecular flexibility index (Phi) is 3.87. The summed E-state index contributed by atoms with van der Waals surface area (Å²) in [7, 11) is 2.33. The molecule has 0 spiro atoms. The Morgan fingerprint density at radius 1 is 1.23 bits per heavy atom. The van der Waals surface area contributed by atoms with E-state index >= 15 is 0 Å². The van der Waals surface area contributed by atoms with Gasteiger partial charge in [-0.3, -0.25) is 4.79 Å². The Hall–Kier alpha value is -1.10. The van der Waals surface area contributed by atoms with Crippen molar-refractivity contribution in [2.75, 3.05) is 14.2 Å². The maximum absolute atomic E-state index is 11.1. The van der Waals surface area contributed by atoms with Crippen LogP contribution < -0.4 is 0 Å². The van der Waals surface area contributed by atoms with Crippen molar-refractivity contribution in [2.24, 2.45) is 5.41 Å². The summed E-state index contributed by atoms with van der Waals surface area (Å²) in [4.78, 5) is 22.0. The number of methoxy groups -OCH3 is 2. The molecule has 0 rings (SSSR count). The number of hydrogen-bond donors (Lipinski definition) is 1. The van der Waals surface area contributed by atoms with Gasteiger partial charge in [-0.15, -0.1) is 0 Å². The van der Waals surface area contributed by atoms with Gasteiger partial charge >= 0.3 is 11.9 Å². The van der Waals surface area contributed by atoms with Crippen LogP contribution in [0, 0.1) is 5.41 Å². The standard InChI is InChI=1S/C8H14O5/c1-8(2,7(11)13-4)5(9)6(10)12-3/h5,9H,1-4H3/t5-/m0/s1. The third-order valence-corrected chi connectivity index (χ3v) is 1.82. The van der Waals surface area contributed by atoms with Gasteiger partial charge in [0.05, 0.1) is 19.6 Å². The Morgan fingerprint density at radius 2 is 1.69 bits per heavy atom. The van der Waals surface area contributed by atoms with E-state index in [0.29, 0.717) is 0 Å². The Morgan fingerprint density at radius 3 is 2.00 bits per heavy atom. The molecule has 1 atom stereocenters. The lowest BCUT2D eigenvalue weighted by Gasteiger charge is -2.25. The molecule has 0 fully saturated rings. The second kappa shape index (κ2) is 4.23. The number of aliphatic hydroxyl groups excluding tert-OH is 1. The molecule has 0 aromatic heterocycles. The van der Waals surface area contributed by atoms with Crippen molar-refractivity contribution in [3.8, 4) is 0 Å². The topological polar surface area (TPSA) is 72.8 Å². The zero-order chi connectivity index (χ0) is 10.6. The number of aliphatic hydroxyl groups is 1. The first-order valence-electron chi connectivity index (χ1n) is 3.72. The van der Waals surface area contributed by atoms with E-state index in [9.17, 15) is 14.7 Å². The predicted molar refractivity (Wildman–Crippen MR) is 43.8 cm³/mol. The van der Waals surface area contributed by atoms with Crippen molar-refractivity contribution in [1.82, 2.24) is 0 Å². The van der Waals surface area contributed by atoms with Crippen molar-refractivity contribution in [1.29, 1.82) is 0 Å². The minimum absolute atomic E-state index is 0.662. The van der Waals surface area contributed by atoms with Crippen LogP contribution in [-0.2, 0) is 19.1 Å². The normalized spacial score (nSPS) is 13.3. The molecule has 0 aliphatic heterocycles. The molecule has 5 heteroatoms. The highest BCUT2D eigenvalue weighted by Crippen LogP contribution is 2.23. The minimum atomic E-state index is -1.51. The van der Waals surface area contributed by atoms with Gasteiger partial charge in [-0.25, -0.2) is 4.79 Å². The highest BCUT2D eigenvalue weighted by Gasteiger charge is 2.41. The number of ether oxygens (including phenoxy) is 2. The quantitative estimate of drug-likeness (QED) is 0.619. The van der Waals surface area contributed by atoms with Gasteiger partial charge in [-0.2, -0.15) is 0 Å². The zero-order valence-corrected chi connectivity index (χ0v) is 8.16. The fourth-order valence-electron chi connectivity index (χ4n) is 0.781. The minimum Gasteiger partial charge on any atom is -0.469 e. The fraction of sp³-hybridized carbons (Fsp3) is 0.750. The second-order valence-corrected chi connectivity index (χ2v) is 3.14. The van der Waals surface area contributed by atoms with Gasteiger partial charge in [-0.1, -0.05) is 0 Å². The van der Waals surface area contributed by atoms with Crippen LogP contribution in [0.4, 0.5) is 0 Å². The number of esters is 2. The van der Waals surface area contributed by atoms with Gasteiger partial charge < -0.3 is 14.6 Å². The van der Waals surface area contributed by atoms with Crippen LogP contribution in [0.1, 0.15) is 13.8 Å². The molecule has 13 heavy (non-hydrogen) atoms. The van der Waals surface area contributed by atoms with Gasteiger partial charge in [0, 0.05) is 0 Å². The van der Waals surface area contributed by atoms with Crippen LogP contribution in [0.25, 0.3) is 0 Å². The van der Waals surface area contributed by atoms with Crippen LogP contribution in [0.15, 0.2) is 0 Å². The molecular weight excluding hydrogens is 176 g/mol. The van der Waals surface area contributed by atoms with Gasteiger partial charge in [-0.05, 0) is 13.8 Å². The van der Waals surface area contributed by atoms with Crippen LogP contribution in [0.2, 0.25) is 0 Å². The van der Waals surface area contributed by atoms with Crippen molar-refractivity contribution >= 4 is 11.9 Å². The SMILES string of the molecule is COC(=O)[C@H](O)C(C)(C)C(=O)OC. The van der Waals surface area contributed by atoms with E-state index in [-0.39, 0.29) is 0 Å². The largest absolute Gasteiger partial charge is 0.469 e. The van der Waals surface area contributed by atoms with E-state index in [2.05, 4.69) is 9.47 Å². The molecule has 0 aromatic rings. The molecule has 0 heterocycles. The van der Waals surface area contributed by atoms with Crippen LogP contribution in [-0.4, -0.2) is 37.4 Å². The van der Waals surface area contributed by atoms with E-state index in [1.807, 2.05) is 0 Å². The molecule has 0 aliphatic carbocycles. The summed E-state index contributed by atoms with van der Waals surface area (Å²) in [5.74, 6) is -1.51. The predicted octanol–water partition coefficient (Wildman–Crippen LogP) is -0.281. The first kappa shape index (κ1) is 11.9. The first-order valence-corrected chi connectivity index (χ1v) is 3.72.